The molecule has 1 aliphatic carbocycles. The second kappa shape index (κ2) is 7.47. The number of halogens is 1. The Morgan fingerprint density at radius 3 is 2.25 bits per heavy atom. The average molecular weight is 380 g/mol. The number of rotatable bonds is 5. The fourth-order valence-corrected chi connectivity index (χ4v) is 4.73. The molecule has 28 heavy (non-hydrogen) atoms. The molecule has 1 saturated carbocycles. The summed E-state index contributed by atoms with van der Waals surface area (Å²) in [4.78, 5) is 29.1. The zero-order valence-electron chi connectivity index (χ0n) is 16.1. The largest absolute Gasteiger partial charge is 0.277 e. The van der Waals surface area contributed by atoms with Gasteiger partial charge in [-0.05, 0) is 43.1 Å². The zero-order chi connectivity index (χ0) is 19.7. The van der Waals surface area contributed by atoms with Crippen LogP contribution in [0.25, 0.3) is 0 Å². The van der Waals surface area contributed by atoms with E-state index in [9.17, 15) is 14.0 Å². The van der Waals surface area contributed by atoms with E-state index in [1.165, 1.54) is 17.0 Å². The maximum Gasteiger partial charge on any atom is 0.237 e. The van der Waals surface area contributed by atoms with Crippen LogP contribution in [-0.4, -0.2) is 35.3 Å². The van der Waals surface area contributed by atoms with Crippen LogP contribution in [0.2, 0.25) is 0 Å². The Labute approximate surface area is 164 Å². The van der Waals surface area contributed by atoms with E-state index in [0.717, 1.165) is 36.8 Å². The van der Waals surface area contributed by atoms with Gasteiger partial charge in [0, 0.05) is 6.42 Å². The molecule has 0 aromatic heterocycles. The maximum absolute atomic E-state index is 13.4. The van der Waals surface area contributed by atoms with Crippen molar-refractivity contribution in [1.82, 2.24) is 9.80 Å². The predicted octanol–water partition coefficient (Wildman–Crippen LogP) is 4.12. The summed E-state index contributed by atoms with van der Waals surface area (Å²) in [6.45, 7) is 0.232. The van der Waals surface area contributed by atoms with Crippen LogP contribution in [0.4, 0.5) is 4.39 Å². The van der Waals surface area contributed by atoms with Crippen LogP contribution in [-0.2, 0) is 9.59 Å². The number of benzene rings is 2. The molecule has 146 valence electrons. The molecule has 2 aliphatic rings. The summed E-state index contributed by atoms with van der Waals surface area (Å²) in [5.74, 6) is -0.385. The molecule has 2 aromatic rings. The summed E-state index contributed by atoms with van der Waals surface area (Å²) in [7, 11) is 1.90. The lowest BCUT2D eigenvalue weighted by Crippen LogP contribution is -2.43. The first kappa shape index (κ1) is 18.8. The highest BCUT2D eigenvalue weighted by atomic mass is 19.1. The number of likely N-dealkylation sites (tertiary alicyclic amines) is 1. The van der Waals surface area contributed by atoms with Crippen LogP contribution in [0.3, 0.4) is 0 Å². The van der Waals surface area contributed by atoms with Gasteiger partial charge in [-0.3, -0.25) is 19.4 Å². The number of nitrogens with zero attached hydrogens (tertiary/aromatic N) is 2. The average Bonchev–Trinajstić information content (AvgIpc) is 3.25. The summed E-state index contributed by atoms with van der Waals surface area (Å²) in [6, 6.07) is 16.1. The minimum Gasteiger partial charge on any atom is -0.277 e. The van der Waals surface area contributed by atoms with Gasteiger partial charge in [-0.15, -0.1) is 0 Å². The van der Waals surface area contributed by atoms with E-state index >= 15 is 0 Å². The molecule has 2 aromatic carbocycles. The topological polar surface area (TPSA) is 40.6 Å². The zero-order valence-corrected chi connectivity index (χ0v) is 16.1. The second-order valence-corrected chi connectivity index (χ2v) is 8.05. The molecule has 1 spiro atoms. The molecule has 5 heteroatoms. The van der Waals surface area contributed by atoms with Gasteiger partial charge >= 0.3 is 0 Å². The molecule has 1 heterocycles. The van der Waals surface area contributed by atoms with Crippen molar-refractivity contribution in [2.24, 2.45) is 5.41 Å². The molecule has 2 amide bonds. The van der Waals surface area contributed by atoms with E-state index < -0.39 is 5.41 Å². The number of carbonyl (C=O) groups is 2. The lowest BCUT2D eigenvalue weighted by Gasteiger charge is -2.32. The van der Waals surface area contributed by atoms with Crippen LogP contribution in [0.5, 0.6) is 0 Å². The van der Waals surface area contributed by atoms with Crippen molar-refractivity contribution in [3.8, 4) is 0 Å². The maximum atomic E-state index is 13.4. The van der Waals surface area contributed by atoms with Crippen molar-refractivity contribution < 1.29 is 14.0 Å². The van der Waals surface area contributed by atoms with Crippen LogP contribution in [0.1, 0.15) is 49.3 Å². The normalized spacial score (nSPS) is 19.8. The summed E-state index contributed by atoms with van der Waals surface area (Å²) >= 11 is 0. The standard InChI is InChI=1S/C23H25FN2O2/c1-25(16-26-20(27)15-23(22(26)28)13-5-6-14-23)21(17-7-3-2-4-8-17)18-9-11-19(24)12-10-18/h2-4,7-12,21H,5-6,13-16H2,1H3. The molecule has 1 aliphatic heterocycles. The Morgan fingerprint density at radius 1 is 1.00 bits per heavy atom. The van der Waals surface area contributed by atoms with E-state index in [4.69, 9.17) is 0 Å². The smallest absolute Gasteiger partial charge is 0.237 e. The number of amides is 2. The van der Waals surface area contributed by atoms with Crippen LogP contribution < -0.4 is 0 Å². The van der Waals surface area contributed by atoms with Gasteiger partial charge in [0.05, 0.1) is 18.1 Å². The number of hydrogen-bond donors (Lipinski definition) is 0. The molecule has 0 N–H and O–H groups in total. The molecule has 4 rings (SSSR count). The van der Waals surface area contributed by atoms with Crippen molar-refractivity contribution >= 4 is 11.8 Å². The van der Waals surface area contributed by atoms with Gasteiger partial charge in [0.2, 0.25) is 11.8 Å². The number of carbonyl (C=O) groups excluding carboxylic acids is 2. The van der Waals surface area contributed by atoms with Gasteiger partial charge in [0.1, 0.15) is 5.82 Å². The Balaban J connectivity index is 1.61. The molecule has 1 atom stereocenters. The minimum absolute atomic E-state index is 0.0206. The van der Waals surface area contributed by atoms with E-state index in [-0.39, 0.29) is 30.3 Å². The van der Waals surface area contributed by atoms with Crippen molar-refractivity contribution in [2.75, 3.05) is 13.7 Å². The van der Waals surface area contributed by atoms with E-state index in [1.54, 1.807) is 12.1 Å². The molecular weight excluding hydrogens is 355 g/mol. The molecular formula is C23H25FN2O2. The summed E-state index contributed by atoms with van der Waals surface area (Å²) in [5, 5.41) is 0. The number of hydrogen-bond acceptors (Lipinski definition) is 3. The first-order chi connectivity index (χ1) is 13.5. The highest BCUT2D eigenvalue weighted by Crippen LogP contribution is 2.47. The van der Waals surface area contributed by atoms with Gasteiger partial charge in [-0.25, -0.2) is 4.39 Å². The van der Waals surface area contributed by atoms with Crippen molar-refractivity contribution in [3.05, 3.63) is 71.5 Å². The molecule has 0 radical (unpaired) electrons. The summed E-state index contributed by atoms with van der Waals surface area (Å²) < 4.78 is 13.4. The third-order valence-electron chi connectivity index (χ3n) is 6.16. The Morgan fingerprint density at radius 2 is 1.61 bits per heavy atom. The highest BCUT2D eigenvalue weighted by molar-refractivity contribution is 6.06. The van der Waals surface area contributed by atoms with E-state index in [2.05, 4.69) is 0 Å². The van der Waals surface area contributed by atoms with Gasteiger partial charge in [-0.2, -0.15) is 0 Å². The van der Waals surface area contributed by atoms with Crippen LogP contribution in [0.15, 0.2) is 54.6 Å². The van der Waals surface area contributed by atoms with E-state index in [1.807, 2.05) is 42.3 Å². The molecule has 1 saturated heterocycles. The van der Waals surface area contributed by atoms with Crippen LogP contribution >= 0.6 is 0 Å². The van der Waals surface area contributed by atoms with Crippen LogP contribution in [0, 0.1) is 11.2 Å². The van der Waals surface area contributed by atoms with E-state index in [0.29, 0.717) is 6.42 Å². The van der Waals surface area contributed by atoms with Crippen molar-refractivity contribution in [1.29, 1.82) is 0 Å². The lowest BCUT2D eigenvalue weighted by atomic mass is 9.85. The lowest BCUT2D eigenvalue weighted by molar-refractivity contribution is -0.143. The fraction of sp³-hybridized carbons (Fsp3) is 0.391. The number of imide groups is 1. The summed E-state index contributed by atoms with van der Waals surface area (Å²) in [5.41, 5.74) is 1.49. The van der Waals surface area contributed by atoms with Gasteiger partial charge in [-0.1, -0.05) is 55.3 Å². The quantitative estimate of drug-likeness (QED) is 0.733. The molecule has 1 unspecified atom stereocenters. The molecule has 2 fully saturated rings. The van der Waals surface area contributed by atoms with Crippen molar-refractivity contribution in [2.45, 2.75) is 38.1 Å². The first-order valence-corrected chi connectivity index (χ1v) is 9.86. The molecule has 4 nitrogen and oxygen atoms in total. The monoisotopic (exact) mass is 380 g/mol. The van der Waals surface area contributed by atoms with Gasteiger partial charge in [0.25, 0.3) is 0 Å². The third kappa shape index (κ3) is 3.35. The highest BCUT2D eigenvalue weighted by Gasteiger charge is 2.52. The minimum atomic E-state index is -0.462. The van der Waals surface area contributed by atoms with Gasteiger partial charge < -0.3 is 0 Å². The summed E-state index contributed by atoms with van der Waals surface area (Å²) in [6.07, 6.45) is 4.01. The Kier molecular flexibility index (Phi) is 5.02. The van der Waals surface area contributed by atoms with Crippen molar-refractivity contribution in [3.63, 3.8) is 0 Å². The van der Waals surface area contributed by atoms with Gasteiger partial charge in [0.15, 0.2) is 0 Å². The second-order valence-electron chi connectivity index (χ2n) is 8.05. The third-order valence-corrected chi connectivity index (χ3v) is 6.16. The Bertz CT molecular complexity index is 860. The SMILES string of the molecule is CN(CN1C(=O)CC2(CCCC2)C1=O)C(c1ccccc1)c1ccc(F)cc1. The molecule has 0 bridgehead atoms. The predicted molar refractivity (Wildman–Crippen MR) is 105 cm³/mol. The Hall–Kier alpha value is -2.53. The fourth-order valence-electron chi connectivity index (χ4n) is 4.73. The first-order valence-electron chi connectivity index (χ1n) is 9.86.